The van der Waals surface area contributed by atoms with Gasteiger partial charge in [0.15, 0.2) is 0 Å². The van der Waals surface area contributed by atoms with Gasteiger partial charge in [0.05, 0.1) is 5.69 Å². The summed E-state index contributed by atoms with van der Waals surface area (Å²) >= 11 is 0. The zero-order chi connectivity index (χ0) is 21.1. The van der Waals surface area contributed by atoms with Crippen LogP contribution in [-0.2, 0) is 13.0 Å². The molecule has 0 bridgehead atoms. The monoisotopic (exact) mass is 384 g/mol. The normalized spacial score (nSPS) is 11.6. The fourth-order valence-electron chi connectivity index (χ4n) is 3.02. The number of carbonyl (C=O) groups is 2. The van der Waals surface area contributed by atoms with E-state index in [0.29, 0.717) is 29.4 Å². The maximum absolute atomic E-state index is 12.9. The third-order valence-corrected chi connectivity index (χ3v) is 4.30. The molecule has 1 heterocycles. The molecule has 28 heavy (non-hydrogen) atoms. The second-order valence-electron chi connectivity index (χ2n) is 8.57. The van der Waals surface area contributed by atoms with Crippen LogP contribution in [0.4, 0.5) is 5.69 Å². The zero-order valence-electron chi connectivity index (χ0n) is 18.0. The molecular weight excluding hydrogens is 352 g/mol. The Kier molecular flexibility index (Phi) is 6.65. The lowest BCUT2D eigenvalue weighted by Gasteiger charge is -2.21. The highest BCUT2D eigenvalue weighted by Gasteiger charge is 2.20. The summed E-state index contributed by atoms with van der Waals surface area (Å²) in [5.74, 6) is 0.0936. The van der Waals surface area contributed by atoms with Crippen molar-refractivity contribution in [3.05, 3.63) is 46.8 Å². The lowest BCUT2D eigenvalue weighted by atomic mass is 10.0. The number of nitrogens with one attached hydrogen (secondary N) is 2. The van der Waals surface area contributed by atoms with Gasteiger partial charge in [-0.05, 0) is 70.7 Å². The molecule has 2 rings (SSSR count). The van der Waals surface area contributed by atoms with E-state index in [0.717, 1.165) is 17.7 Å². The maximum Gasteiger partial charge on any atom is 0.273 e. The minimum atomic E-state index is -0.330. The Hall–Kier alpha value is -2.63. The molecular formula is C22H32N4O2. The molecule has 0 fully saturated rings. The lowest BCUT2D eigenvalue weighted by Crippen LogP contribution is -2.40. The zero-order valence-corrected chi connectivity index (χ0v) is 18.0. The van der Waals surface area contributed by atoms with Crippen molar-refractivity contribution in [2.75, 3.05) is 5.32 Å². The van der Waals surface area contributed by atoms with Crippen LogP contribution in [-0.4, -0.2) is 27.1 Å². The molecule has 0 saturated heterocycles. The van der Waals surface area contributed by atoms with Crippen molar-refractivity contribution in [1.29, 1.82) is 0 Å². The Labute approximate surface area is 167 Å². The third kappa shape index (κ3) is 5.44. The average Bonchev–Trinajstić information content (AvgIpc) is 2.97. The van der Waals surface area contributed by atoms with E-state index in [9.17, 15) is 9.59 Å². The fraction of sp³-hybridized carbons (Fsp3) is 0.500. The topological polar surface area (TPSA) is 76.0 Å². The standard InChI is InChI=1S/C22H32N4O2/c1-8-26-19(13-16(25-26)12-14(2)3)21(28)23-18-11-9-10-17(15(18)4)20(27)24-22(5,6)7/h9-11,13-14H,8,12H2,1-7H3,(H,23,28)(H,24,27). The molecule has 2 N–H and O–H groups in total. The molecule has 6 heteroatoms. The van der Waals surface area contributed by atoms with Gasteiger partial charge in [-0.25, -0.2) is 0 Å². The molecule has 2 aromatic rings. The minimum absolute atomic E-state index is 0.154. The van der Waals surface area contributed by atoms with Crippen LogP contribution in [0, 0.1) is 12.8 Å². The number of amides is 2. The number of aromatic nitrogens is 2. The van der Waals surface area contributed by atoms with Gasteiger partial charge in [0.25, 0.3) is 11.8 Å². The molecule has 0 atom stereocenters. The Morgan fingerprint density at radius 2 is 1.86 bits per heavy atom. The van der Waals surface area contributed by atoms with Crippen molar-refractivity contribution in [3.8, 4) is 0 Å². The maximum atomic E-state index is 12.9. The summed E-state index contributed by atoms with van der Waals surface area (Å²) in [6, 6.07) is 7.21. The van der Waals surface area contributed by atoms with Gasteiger partial charge in [-0.1, -0.05) is 19.9 Å². The molecule has 0 radical (unpaired) electrons. The Morgan fingerprint density at radius 1 is 1.18 bits per heavy atom. The largest absolute Gasteiger partial charge is 0.347 e. The molecule has 2 amide bonds. The van der Waals surface area contributed by atoms with Crippen LogP contribution < -0.4 is 10.6 Å². The summed E-state index contributed by atoms with van der Waals surface area (Å²) < 4.78 is 1.72. The highest BCUT2D eigenvalue weighted by atomic mass is 16.2. The molecule has 0 aliphatic heterocycles. The first-order chi connectivity index (χ1) is 13.0. The summed E-state index contributed by atoms with van der Waals surface area (Å²) in [4.78, 5) is 25.4. The first kappa shape index (κ1) is 21.7. The van der Waals surface area contributed by atoms with Crippen LogP contribution >= 0.6 is 0 Å². The van der Waals surface area contributed by atoms with Crippen LogP contribution in [0.25, 0.3) is 0 Å². The van der Waals surface area contributed by atoms with Crippen LogP contribution in [0.5, 0.6) is 0 Å². The average molecular weight is 385 g/mol. The number of nitrogens with zero attached hydrogens (tertiary/aromatic N) is 2. The van der Waals surface area contributed by atoms with Gasteiger partial charge >= 0.3 is 0 Å². The first-order valence-electron chi connectivity index (χ1n) is 9.82. The van der Waals surface area contributed by atoms with E-state index in [1.54, 1.807) is 16.8 Å². The summed E-state index contributed by atoms with van der Waals surface area (Å²) in [5, 5.41) is 10.4. The highest BCUT2D eigenvalue weighted by molar-refractivity contribution is 6.05. The molecule has 0 spiro atoms. The first-order valence-corrected chi connectivity index (χ1v) is 9.82. The second-order valence-corrected chi connectivity index (χ2v) is 8.57. The molecule has 0 aliphatic rings. The van der Waals surface area contributed by atoms with Gasteiger partial charge in [-0.3, -0.25) is 14.3 Å². The molecule has 152 valence electrons. The van der Waals surface area contributed by atoms with Gasteiger partial charge in [-0.15, -0.1) is 0 Å². The Morgan fingerprint density at radius 3 is 2.43 bits per heavy atom. The van der Waals surface area contributed by atoms with Gasteiger partial charge in [0, 0.05) is 23.3 Å². The quantitative estimate of drug-likeness (QED) is 0.784. The highest BCUT2D eigenvalue weighted by Crippen LogP contribution is 2.21. The van der Waals surface area contributed by atoms with Crippen molar-refractivity contribution < 1.29 is 9.59 Å². The number of hydrogen-bond acceptors (Lipinski definition) is 3. The van der Waals surface area contributed by atoms with Crippen LogP contribution in [0.1, 0.15) is 73.6 Å². The number of anilines is 1. The van der Waals surface area contributed by atoms with Crippen molar-refractivity contribution in [2.45, 2.75) is 67.0 Å². The van der Waals surface area contributed by atoms with Crippen LogP contribution in [0.2, 0.25) is 0 Å². The summed E-state index contributed by atoms with van der Waals surface area (Å²) in [6.45, 7) is 14.5. The van der Waals surface area contributed by atoms with E-state index >= 15 is 0 Å². The molecule has 1 aromatic heterocycles. The van der Waals surface area contributed by atoms with E-state index in [2.05, 4.69) is 29.6 Å². The van der Waals surface area contributed by atoms with Gasteiger partial charge in [-0.2, -0.15) is 5.10 Å². The van der Waals surface area contributed by atoms with Crippen LogP contribution in [0.15, 0.2) is 24.3 Å². The van der Waals surface area contributed by atoms with Gasteiger partial charge in [0.2, 0.25) is 0 Å². The van der Waals surface area contributed by atoms with Crippen molar-refractivity contribution >= 4 is 17.5 Å². The van der Waals surface area contributed by atoms with Gasteiger partial charge in [0.1, 0.15) is 5.69 Å². The molecule has 0 aliphatic carbocycles. The Balaban J connectivity index is 2.26. The predicted octanol–water partition coefficient (Wildman–Crippen LogP) is 4.19. The summed E-state index contributed by atoms with van der Waals surface area (Å²) in [7, 11) is 0. The SMILES string of the molecule is CCn1nc(CC(C)C)cc1C(=O)Nc1cccc(C(=O)NC(C)(C)C)c1C. The number of benzene rings is 1. The van der Waals surface area contributed by atoms with Crippen molar-refractivity contribution in [1.82, 2.24) is 15.1 Å². The number of rotatable bonds is 6. The second kappa shape index (κ2) is 8.59. The molecule has 6 nitrogen and oxygen atoms in total. The molecule has 1 aromatic carbocycles. The molecule has 0 saturated carbocycles. The lowest BCUT2D eigenvalue weighted by molar-refractivity contribution is 0.0917. The minimum Gasteiger partial charge on any atom is -0.347 e. The third-order valence-electron chi connectivity index (χ3n) is 4.30. The van der Waals surface area contributed by atoms with E-state index < -0.39 is 0 Å². The van der Waals surface area contributed by atoms with Crippen molar-refractivity contribution in [3.63, 3.8) is 0 Å². The molecule has 0 unspecified atom stereocenters. The summed E-state index contributed by atoms with van der Waals surface area (Å²) in [5.41, 5.74) is 3.03. The van der Waals surface area contributed by atoms with E-state index in [4.69, 9.17) is 0 Å². The number of hydrogen-bond donors (Lipinski definition) is 2. The summed E-state index contributed by atoms with van der Waals surface area (Å²) in [6.07, 6.45) is 0.828. The van der Waals surface area contributed by atoms with Crippen LogP contribution in [0.3, 0.4) is 0 Å². The van der Waals surface area contributed by atoms with E-state index in [1.165, 1.54) is 0 Å². The van der Waals surface area contributed by atoms with Gasteiger partial charge < -0.3 is 10.6 Å². The van der Waals surface area contributed by atoms with E-state index in [-0.39, 0.29) is 17.4 Å². The predicted molar refractivity (Wildman–Crippen MR) is 113 cm³/mol. The smallest absolute Gasteiger partial charge is 0.273 e. The van der Waals surface area contributed by atoms with Crippen molar-refractivity contribution in [2.24, 2.45) is 5.92 Å². The number of aryl methyl sites for hydroxylation is 1. The Bertz CT molecular complexity index is 860. The fourth-order valence-corrected chi connectivity index (χ4v) is 3.02. The van der Waals surface area contributed by atoms with E-state index in [1.807, 2.05) is 46.8 Å². The number of carbonyl (C=O) groups excluding carboxylic acids is 2.